The maximum atomic E-state index is 11.8. The van der Waals surface area contributed by atoms with Crippen molar-refractivity contribution in [1.29, 1.82) is 0 Å². The zero-order valence-corrected chi connectivity index (χ0v) is 10.7. The van der Waals surface area contributed by atoms with Gasteiger partial charge in [0.15, 0.2) is 0 Å². The van der Waals surface area contributed by atoms with Crippen LogP contribution in [0.4, 0.5) is 0 Å². The Labute approximate surface area is 108 Å². The van der Waals surface area contributed by atoms with Crippen LogP contribution >= 0.6 is 0 Å². The third kappa shape index (κ3) is 3.67. The van der Waals surface area contributed by atoms with E-state index < -0.39 is 0 Å². The smallest absolute Gasteiger partial charge is 0.252 e. The zero-order chi connectivity index (χ0) is 12.8. The minimum Gasteiger partial charge on any atom is -0.352 e. The summed E-state index contributed by atoms with van der Waals surface area (Å²) in [6.45, 7) is 4.59. The van der Waals surface area contributed by atoms with Crippen LogP contribution in [-0.4, -0.2) is 30.5 Å². The Balaban J connectivity index is 1.78. The van der Waals surface area contributed by atoms with Crippen molar-refractivity contribution in [2.75, 3.05) is 19.6 Å². The SMILES string of the molecule is Cc1ccc(C(=O)NCCC2=CCNCC2)cn1. The van der Waals surface area contributed by atoms with E-state index in [-0.39, 0.29) is 5.91 Å². The van der Waals surface area contributed by atoms with E-state index in [2.05, 4.69) is 21.7 Å². The predicted octanol–water partition coefficient (Wildman–Crippen LogP) is 1.43. The van der Waals surface area contributed by atoms with E-state index in [1.807, 2.05) is 19.1 Å². The lowest BCUT2D eigenvalue weighted by atomic mass is 10.1. The molecule has 2 N–H and O–H groups in total. The molecule has 0 unspecified atom stereocenters. The Bertz CT molecular complexity index is 437. The molecule has 2 rings (SSSR count). The molecule has 0 bridgehead atoms. The molecular formula is C14H19N3O. The van der Waals surface area contributed by atoms with Crippen molar-refractivity contribution in [3.8, 4) is 0 Å². The van der Waals surface area contributed by atoms with Crippen molar-refractivity contribution in [3.05, 3.63) is 41.2 Å². The molecule has 0 radical (unpaired) electrons. The van der Waals surface area contributed by atoms with Gasteiger partial charge in [-0.3, -0.25) is 9.78 Å². The highest BCUT2D eigenvalue weighted by atomic mass is 16.1. The van der Waals surface area contributed by atoms with Gasteiger partial charge in [0.05, 0.1) is 5.56 Å². The predicted molar refractivity (Wildman–Crippen MR) is 71.5 cm³/mol. The molecule has 0 atom stereocenters. The van der Waals surface area contributed by atoms with E-state index in [9.17, 15) is 4.79 Å². The van der Waals surface area contributed by atoms with Crippen LogP contribution in [-0.2, 0) is 0 Å². The molecule has 0 spiro atoms. The Kier molecular flexibility index (Phi) is 4.47. The van der Waals surface area contributed by atoms with Crippen LogP contribution in [0.3, 0.4) is 0 Å². The fraction of sp³-hybridized carbons (Fsp3) is 0.429. The van der Waals surface area contributed by atoms with E-state index in [1.54, 1.807) is 6.20 Å². The molecule has 4 nitrogen and oxygen atoms in total. The summed E-state index contributed by atoms with van der Waals surface area (Å²) in [7, 11) is 0. The highest BCUT2D eigenvalue weighted by Crippen LogP contribution is 2.08. The van der Waals surface area contributed by atoms with Crippen molar-refractivity contribution < 1.29 is 4.79 Å². The standard InChI is InChI=1S/C14H19N3O/c1-11-2-3-13(10-17-11)14(18)16-9-6-12-4-7-15-8-5-12/h2-4,10,15H,5-9H2,1H3,(H,16,18). The number of aryl methyl sites for hydroxylation is 1. The summed E-state index contributed by atoms with van der Waals surface area (Å²) in [5.41, 5.74) is 2.97. The number of amides is 1. The third-order valence-corrected chi connectivity index (χ3v) is 3.06. The average molecular weight is 245 g/mol. The first-order valence-corrected chi connectivity index (χ1v) is 6.35. The van der Waals surface area contributed by atoms with E-state index >= 15 is 0 Å². The number of nitrogens with one attached hydrogen (secondary N) is 2. The van der Waals surface area contributed by atoms with Crippen molar-refractivity contribution >= 4 is 5.91 Å². The van der Waals surface area contributed by atoms with E-state index in [0.29, 0.717) is 12.1 Å². The zero-order valence-electron chi connectivity index (χ0n) is 10.7. The summed E-state index contributed by atoms with van der Waals surface area (Å²) >= 11 is 0. The second kappa shape index (κ2) is 6.31. The largest absolute Gasteiger partial charge is 0.352 e. The van der Waals surface area contributed by atoms with Gasteiger partial charge in [-0.15, -0.1) is 0 Å². The van der Waals surface area contributed by atoms with E-state index in [0.717, 1.165) is 31.6 Å². The van der Waals surface area contributed by atoms with Crippen molar-refractivity contribution in [2.45, 2.75) is 19.8 Å². The molecule has 4 heteroatoms. The van der Waals surface area contributed by atoms with Crippen LogP contribution in [0.1, 0.15) is 28.9 Å². The molecule has 96 valence electrons. The molecule has 1 aliphatic rings. The highest BCUT2D eigenvalue weighted by molar-refractivity contribution is 5.93. The fourth-order valence-corrected chi connectivity index (χ4v) is 1.94. The lowest BCUT2D eigenvalue weighted by molar-refractivity contribution is 0.0953. The minimum atomic E-state index is -0.0444. The summed E-state index contributed by atoms with van der Waals surface area (Å²) in [4.78, 5) is 15.9. The van der Waals surface area contributed by atoms with Crippen molar-refractivity contribution in [2.24, 2.45) is 0 Å². The number of aromatic nitrogens is 1. The summed E-state index contributed by atoms with van der Waals surface area (Å²) in [6, 6.07) is 3.66. The molecular weight excluding hydrogens is 226 g/mol. The first kappa shape index (κ1) is 12.8. The Morgan fingerprint density at radius 1 is 1.50 bits per heavy atom. The molecule has 1 aromatic rings. The normalized spacial score (nSPS) is 15.1. The summed E-state index contributed by atoms with van der Waals surface area (Å²) in [5.74, 6) is -0.0444. The van der Waals surface area contributed by atoms with Crippen LogP contribution in [0, 0.1) is 6.92 Å². The van der Waals surface area contributed by atoms with E-state index in [1.165, 1.54) is 5.57 Å². The number of nitrogens with zero attached hydrogens (tertiary/aromatic N) is 1. The number of pyridine rings is 1. The monoisotopic (exact) mass is 245 g/mol. The second-order valence-corrected chi connectivity index (χ2v) is 4.51. The van der Waals surface area contributed by atoms with Crippen LogP contribution < -0.4 is 10.6 Å². The molecule has 1 aliphatic heterocycles. The van der Waals surface area contributed by atoms with Gasteiger partial charge >= 0.3 is 0 Å². The van der Waals surface area contributed by atoms with Gasteiger partial charge in [0.25, 0.3) is 5.91 Å². The first-order chi connectivity index (χ1) is 8.75. The van der Waals surface area contributed by atoms with Gasteiger partial charge in [-0.05, 0) is 38.4 Å². The minimum absolute atomic E-state index is 0.0444. The summed E-state index contributed by atoms with van der Waals surface area (Å²) < 4.78 is 0. The van der Waals surface area contributed by atoms with Crippen LogP contribution in [0.5, 0.6) is 0 Å². The van der Waals surface area contributed by atoms with Gasteiger partial charge in [0, 0.05) is 25.0 Å². The maximum Gasteiger partial charge on any atom is 0.252 e. The molecule has 0 saturated heterocycles. The summed E-state index contributed by atoms with van der Waals surface area (Å²) in [5, 5.41) is 6.20. The lowest BCUT2D eigenvalue weighted by Gasteiger charge is -2.14. The third-order valence-electron chi connectivity index (χ3n) is 3.06. The molecule has 1 aromatic heterocycles. The topological polar surface area (TPSA) is 54.0 Å². The molecule has 1 amide bonds. The number of carbonyl (C=O) groups is 1. The molecule has 0 saturated carbocycles. The molecule has 0 fully saturated rings. The van der Waals surface area contributed by atoms with Gasteiger partial charge in [-0.1, -0.05) is 11.6 Å². The number of hydrogen-bond acceptors (Lipinski definition) is 3. The Morgan fingerprint density at radius 2 is 2.39 bits per heavy atom. The average Bonchev–Trinajstić information content (AvgIpc) is 2.40. The highest BCUT2D eigenvalue weighted by Gasteiger charge is 2.06. The Morgan fingerprint density at radius 3 is 3.06 bits per heavy atom. The summed E-state index contributed by atoms with van der Waals surface area (Å²) in [6.07, 6.45) is 5.85. The first-order valence-electron chi connectivity index (χ1n) is 6.35. The van der Waals surface area contributed by atoms with Gasteiger partial charge < -0.3 is 10.6 Å². The van der Waals surface area contributed by atoms with Gasteiger partial charge in [-0.2, -0.15) is 0 Å². The molecule has 0 aliphatic carbocycles. The van der Waals surface area contributed by atoms with Crippen LogP contribution in [0.25, 0.3) is 0 Å². The Hall–Kier alpha value is -1.68. The van der Waals surface area contributed by atoms with E-state index in [4.69, 9.17) is 0 Å². The van der Waals surface area contributed by atoms with Crippen LogP contribution in [0.15, 0.2) is 30.0 Å². The van der Waals surface area contributed by atoms with Gasteiger partial charge in [0.1, 0.15) is 0 Å². The quantitative estimate of drug-likeness (QED) is 0.789. The van der Waals surface area contributed by atoms with Crippen LogP contribution in [0.2, 0.25) is 0 Å². The van der Waals surface area contributed by atoms with Crippen molar-refractivity contribution in [3.63, 3.8) is 0 Å². The van der Waals surface area contributed by atoms with Gasteiger partial charge in [0.2, 0.25) is 0 Å². The molecule has 0 aromatic carbocycles. The number of hydrogen-bond donors (Lipinski definition) is 2. The number of carbonyl (C=O) groups excluding carboxylic acids is 1. The second-order valence-electron chi connectivity index (χ2n) is 4.51. The lowest BCUT2D eigenvalue weighted by Crippen LogP contribution is -2.26. The molecule has 2 heterocycles. The maximum absolute atomic E-state index is 11.8. The number of rotatable bonds is 4. The fourth-order valence-electron chi connectivity index (χ4n) is 1.94. The van der Waals surface area contributed by atoms with Gasteiger partial charge in [-0.25, -0.2) is 0 Å². The van der Waals surface area contributed by atoms with Crippen molar-refractivity contribution in [1.82, 2.24) is 15.6 Å². The molecule has 18 heavy (non-hydrogen) atoms.